The van der Waals surface area contributed by atoms with Crippen LogP contribution in [0.15, 0.2) is 109 Å². The van der Waals surface area contributed by atoms with Crippen molar-refractivity contribution < 1.29 is 57.3 Å². The maximum atomic E-state index is 12.0. The van der Waals surface area contributed by atoms with Gasteiger partial charge in [-0.1, -0.05) is 120 Å². The van der Waals surface area contributed by atoms with Crippen molar-refractivity contribution in [3.05, 3.63) is 143 Å². The second-order valence-corrected chi connectivity index (χ2v) is 16.9. The zero-order chi connectivity index (χ0) is 56.0. The number of aryl methyl sites for hydroxylation is 2. The van der Waals surface area contributed by atoms with Gasteiger partial charge in [0.05, 0.1) is 26.4 Å². The Morgan fingerprint density at radius 3 is 1.00 bits per heavy atom. The van der Waals surface area contributed by atoms with Crippen molar-refractivity contribution in [1.29, 1.82) is 0 Å². The Labute approximate surface area is 441 Å². The largest absolute Gasteiger partial charge is 0.382 e. The number of hydrogen-bond acceptors (Lipinski definition) is 12. The predicted molar refractivity (Wildman–Crippen MR) is 285 cm³/mol. The van der Waals surface area contributed by atoms with E-state index in [9.17, 15) is 38.4 Å². The molecule has 0 fully saturated rings. The van der Waals surface area contributed by atoms with Gasteiger partial charge in [-0.15, -0.1) is 0 Å². The lowest BCUT2D eigenvalue weighted by Crippen LogP contribution is -2.48. The van der Waals surface area contributed by atoms with E-state index in [-0.39, 0.29) is 73.7 Å². The lowest BCUT2D eigenvalue weighted by molar-refractivity contribution is -0.129. The molecule has 8 amide bonds. The van der Waals surface area contributed by atoms with Gasteiger partial charge < -0.3 is 61.5 Å². The first-order valence-corrected chi connectivity index (χ1v) is 24.2. The zero-order valence-corrected chi connectivity index (χ0v) is 45.0. The average molecular weight is 1040 g/mol. The molecule has 0 unspecified atom stereocenters. The number of methoxy groups -OCH3 is 3. The molecule has 0 heterocycles. The summed E-state index contributed by atoms with van der Waals surface area (Å²) in [6.07, 6.45) is 0. The highest BCUT2D eigenvalue weighted by atomic mass is 16.5. The molecule has 0 saturated heterocycles. The maximum absolute atomic E-state index is 12.0. The van der Waals surface area contributed by atoms with Gasteiger partial charge in [0.25, 0.3) is 0 Å². The number of carbonyl (C=O) groups is 8. The topological polar surface area (TPSA) is 270 Å². The van der Waals surface area contributed by atoms with Gasteiger partial charge in [-0.2, -0.15) is 0 Å². The highest BCUT2D eigenvalue weighted by molar-refractivity contribution is 5.89. The highest BCUT2D eigenvalue weighted by Crippen LogP contribution is 2.05. The monoisotopic (exact) mass is 1040 g/mol. The fourth-order valence-electron chi connectivity index (χ4n) is 6.42. The number of amides is 8. The molecule has 4 rings (SSSR count). The molecule has 0 aliphatic carbocycles. The molecule has 0 saturated carbocycles. The standard InChI is InChI=1S/3C14H20N2O3.C13H18N2O3/c1-10-4-6-12(7-5-10)8-15-14(18)13(9-19-3)16-11(2)17;1-10-5-4-6-12(7-10)8-15-14(18)13(9-19-3)16-11(2)17;1-3-19-10-13(16-11(2)17)14(18)15-9-12-7-5-4-6-8-12;1-10(16)15-12(9-18-2)13(17)14-8-11-6-4-3-5-7-11/h2*4-7,13H,8-9H2,1-3H3,(H,15,18)(H,16,17);4-8,13H,3,9-10H2,1-2H3,(H,15,18)(H,16,17);3-7,12H,8-9H2,1-2H3,(H,14,17)(H,15,16)/t3*13-;12-/m1111/s1. The molecule has 8 N–H and O–H groups in total. The molecule has 0 radical (unpaired) electrons. The third-order valence-corrected chi connectivity index (χ3v) is 10.0. The fourth-order valence-corrected chi connectivity index (χ4v) is 6.42. The summed E-state index contributed by atoms with van der Waals surface area (Å²) in [6.45, 7) is 14.2. The van der Waals surface area contributed by atoms with Crippen LogP contribution in [0, 0.1) is 13.8 Å². The zero-order valence-electron chi connectivity index (χ0n) is 45.0. The fraction of sp³-hybridized carbons (Fsp3) is 0.418. The van der Waals surface area contributed by atoms with Crippen LogP contribution >= 0.6 is 0 Å². The van der Waals surface area contributed by atoms with Crippen molar-refractivity contribution >= 4 is 47.3 Å². The first-order chi connectivity index (χ1) is 35.8. The van der Waals surface area contributed by atoms with Crippen molar-refractivity contribution in [2.75, 3.05) is 54.4 Å². The summed E-state index contributed by atoms with van der Waals surface area (Å²) >= 11 is 0. The number of benzene rings is 4. The normalized spacial score (nSPS) is 11.7. The van der Waals surface area contributed by atoms with Crippen LogP contribution in [-0.4, -0.2) is 126 Å². The Kier molecular flexibility index (Phi) is 34.1. The van der Waals surface area contributed by atoms with Crippen molar-refractivity contribution in [2.24, 2.45) is 0 Å². The Bertz CT molecular complexity index is 2320. The second-order valence-electron chi connectivity index (χ2n) is 16.9. The minimum absolute atomic E-state index is 0.152. The summed E-state index contributed by atoms with van der Waals surface area (Å²) in [5.74, 6) is -2.02. The number of nitrogens with one attached hydrogen (secondary N) is 8. The number of ether oxygens (including phenoxy) is 4. The van der Waals surface area contributed by atoms with Gasteiger partial charge in [0, 0.05) is 81.8 Å². The number of hydrogen-bond donors (Lipinski definition) is 8. The molecule has 0 bridgehead atoms. The van der Waals surface area contributed by atoms with E-state index in [1.165, 1.54) is 54.6 Å². The molecular formula is C55H78N8O12. The molecule has 20 heteroatoms. The summed E-state index contributed by atoms with van der Waals surface area (Å²) in [5, 5.41) is 21.3. The lowest BCUT2D eigenvalue weighted by Gasteiger charge is -2.17. The Morgan fingerprint density at radius 2 is 0.693 bits per heavy atom. The van der Waals surface area contributed by atoms with Crippen LogP contribution in [0.2, 0.25) is 0 Å². The van der Waals surface area contributed by atoms with Crippen molar-refractivity contribution in [3.8, 4) is 0 Å². The van der Waals surface area contributed by atoms with Gasteiger partial charge in [-0.3, -0.25) is 38.4 Å². The number of carbonyl (C=O) groups excluding carboxylic acids is 8. The van der Waals surface area contributed by atoms with Crippen molar-refractivity contribution in [3.63, 3.8) is 0 Å². The van der Waals surface area contributed by atoms with Crippen LogP contribution in [0.3, 0.4) is 0 Å². The summed E-state index contributed by atoms with van der Waals surface area (Å²) in [5.41, 5.74) is 6.36. The molecule has 0 aromatic heterocycles. The van der Waals surface area contributed by atoms with Gasteiger partial charge in [0.1, 0.15) is 24.2 Å². The summed E-state index contributed by atoms with van der Waals surface area (Å²) in [7, 11) is 4.46. The number of rotatable bonds is 25. The van der Waals surface area contributed by atoms with Crippen LogP contribution in [-0.2, 0) is 83.5 Å². The quantitative estimate of drug-likeness (QED) is 0.0477. The molecule has 4 atom stereocenters. The lowest BCUT2D eigenvalue weighted by atomic mass is 10.1. The van der Waals surface area contributed by atoms with Crippen LogP contribution in [0.5, 0.6) is 0 Å². The highest BCUT2D eigenvalue weighted by Gasteiger charge is 2.22. The second kappa shape index (κ2) is 39.0. The third-order valence-electron chi connectivity index (χ3n) is 10.0. The predicted octanol–water partition coefficient (Wildman–Crippen LogP) is 2.82. The van der Waals surface area contributed by atoms with E-state index in [1.807, 2.05) is 130 Å². The molecule has 0 spiro atoms. The Balaban J connectivity index is 0.000000500. The van der Waals surface area contributed by atoms with Crippen LogP contribution in [0.4, 0.5) is 0 Å². The molecule has 410 valence electrons. The first kappa shape index (κ1) is 65.5. The molecular weight excluding hydrogens is 965 g/mol. The van der Waals surface area contributed by atoms with Crippen molar-refractivity contribution in [2.45, 2.75) is 98.8 Å². The molecule has 20 nitrogen and oxygen atoms in total. The van der Waals surface area contributed by atoms with E-state index in [1.54, 1.807) is 0 Å². The van der Waals surface area contributed by atoms with Gasteiger partial charge in [0.15, 0.2) is 0 Å². The molecule has 4 aromatic carbocycles. The van der Waals surface area contributed by atoms with Crippen molar-refractivity contribution in [1.82, 2.24) is 42.5 Å². The van der Waals surface area contributed by atoms with Crippen LogP contribution in [0.25, 0.3) is 0 Å². The SMILES string of the molecule is CCOC[C@@H](NC(C)=O)C(=O)NCc1ccccc1.COC[C@@H](NC(C)=O)C(=O)NCc1ccc(C)cc1.COC[C@@H](NC(C)=O)C(=O)NCc1cccc(C)c1.COC[C@@H](NC(C)=O)C(=O)NCc1ccccc1. The Morgan fingerprint density at radius 1 is 0.387 bits per heavy atom. The smallest absolute Gasteiger partial charge is 0.245 e. The minimum atomic E-state index is -0.660. The van der Waals surface area contributed by atoms with E-state index in [4.69, 9.17) is 18.9 Å². The maximum Gasteiger partial charge on any atom is 0.245 e. The van der Waals surface area contributed by atoms with E-state index in [0.29, 0.717) is 32.8 Å². The molecule has 4 aromatic rings. The van der Waals surface area contributed by atoms with E-state index in [0.717, 1.165) is 27.8 Å². The van der Waals surface area contributed by atoms with Gasteiger partial charge >= 0.3 is 0 Å². The average Bonchev–Trinajstić information content (AvgIpc) is 3.38. The minimum Gasteiger partial charge on any atom is -0.382 e. The summed E-state index contributed by atoms with van der Waals surface area (Å²) in [4.78, 5) is 91.6. The van der Waals surface area contributed by atoms with E-state index >= 15 is 0 Å². The summed E-state index contributed by atoms with van der Waals surface area (Å²) in [6, 6.07) is 32.3. The van der Waals surface area contributed by atoms with E-state index < -0.39 is 24.2 Å². The van der Waals surface area contributed by atoms with Gasteiger partial charge in [-0.25, -0.2) is 0 Å². The van der Waals surface area contributed by atoms with Gasteiger partial charge in [-0.05, 0) is 43.0 Å². The van der Waals surface area contributed by atoms with Gasteiger partial charge in [0.2, 0.25) is 47.3 Å². The summed E-state index contributed by atoms with van der Waals surface area (Å²) < 4.78 is 19.9. The molecule has 0 aliphatic rings. The first-order valence-electron chi connectivity index (χ1n) is 24.2. The molecule has 75 heavy (non-hydrogen) atoms. The van der Waals surface area contributed by atoms with Crippen LogP contribution in [0.1, 0.15) is 68.0 Å². The van der Waals surface area contributed by atoms with Crippen LogP contribution < -0.4 is 42.5 Å². The molecule has 0 aliphatic heterocycles. The van der Waals surface area contributed by atoms with E-state index in [2.05, 4.69) is 42.5 Å². The Hall–Kier alpha value is -7.52. The third kappa shape index (κ3) is 31.6.